The van der Waals surface area contributed by atoms with Gasteiger partial charge in [0, 0.05) is 20.8 Å². The standard InChI is InChI=1S/C15H16BrNS/c16-12-6-9-18-13(12)10-14(17)15(7-8-15)11-4-2-1-3-5-11/h1-6,9,14H,7-8,10,17H2. The van der Waals surface area contributed by atoms with Gasteiger partial charge in [0.05, 0.1) is 0 Å². The second-order valence-electron chi connectivity index (χ2n) is 5.02. The quantitative estimate of drug-likeness (QED) is 0.900. The average Bonchev–Trinajstić information content (AvgIpc) is 3.12. The molecule has 3 rings (SSSR count). The van der Waals surface area contributed by atoms with Crippen LogP contribution in [0.25, 0.3) is 0 Å². The fourth-order valence-electron chi connectivity index (χ4n) is 2.64. The average molecular weight is 322 g/mol. The largest absolute Gasteiger partial charge is 0.327 e. The van der Waals surface area contributed by atoms with Crippen molar-refractivity contribution in [2.45, 2.75) is 30.7 Å². The van der Waals surface area contributed by atoms with Gasteiger partial charge in [0.1, 0.15) is 0 Å². The normalized spacial score (nSPS) is 18.6. The van der Waals surface area contributed by atoms with Crippen molar-refractivity contribution in [2.24, 2.45) is 5.73 Å². The molecule has 0 spiro atoms. The molecule has 2 N–H and O–H groups in total. The molecule has 1 nitrogen and oxygen atoms in total. The Balaban J connectivity index is 1.81. The molecule has 2 aromatic rings. The number of nitrogens with two attached hydrogens (primary N) is 1. The number of halogens is 1. The van der Waals surface area contributed by atoms with Crippen molar-refractivity contribution in [3.63, 3.8) is 0 Å². The Kier molecular flexibility index (Phi) is 3.31. The van der Waals surface area contributed by atoms with E-state index in [0.29, 0.717) is 0 Å². The van der Waals surface area contributed by atoms with Crippen LogP contribution < -0.4 is 5.73 Å². The van der Waals surface area contributed by atoms with Crippen LogP contribution in [0.2, 0.25) is 0 Å². The lowest BCUT2D eigenvalue weighted by atomic mass is 9.86. The van der Waals surface area contributed by atoms with Crippen molar-refractivity contribution in [2.75, 3.05) is 0 Å². The summed E-state index contributed by atoms with van der Waals surface area (Å²) in [6, 6.07) is 13.1. The molecule has 1 saturated carbocycles. The van der Waals surface area contributed by atoms with Crippen molar-refractivity contribution < 1.29 is 0 Å². The van der Waals surface area contributed by atoms with Crippen molar-refractivity contribution in [1.29, 1.82) is 0 Å². The zero-order valence-corrected chi connectivity index (χ0v) is 12.5. The third kappa shape index (κ3) is 2.15. The Morgan fingerprint density at radius 1 is 1.22 bits per heavy atom. The summed E-state index contributed by atoms with van der Waals surface area (Å²) in [5, 5.41) is 2.12. The summed E-state index contributed by atoms with van der Waals surface area (Å²) in [7, 11) is 0. The molecule has 18 heavy (non-hydrogen) atoms. The summed E-state index contributed by atoms with van der Waals surface area (Å²) in [6.07, 6.45) is 3.41. The van der Waals surface area contributed by atoms with Crippen LogP contribution in [0.4, 0.5) is 0 Å². The van der Waals surface area contributed by atoms with Gasteiger partial charge < -0.3 is 5.73 Å². The molecule has 94 valence electrons. The molecule has 1 unspecified atom stereocenters. The Morgan fingerprint density at radius 3 is 2.50 bits per heavy atom. The zero-order chi connectivity index (χ0) is 12.6. The number of hydrogen-bond donors (Lipinski definition) is 1. The third-order valence-electron chi connectivity index (χ3n) is 3.94. The van der Waals surface area contributed by atoms with Gasteiger partial charge in [0.2, 0.25) is 0 Å². The molecule has 0 radical (unpaired) electrons. The molecule has 1 atom stereocenters. The highest BCUT2D eigenvalue weighted by atomic mass is 79.9. The van der Waals surface area contributed by atoms with E-state index in [1.807, 2.05) is 0 Å². The summed E-state index contributed by atoms with van der Waals surface area (Å²) >= 11 is 5.38. The second-order valence-corrected chi connectivity index (χ2v) is 6.88. The van der Waals surface area contributed by atoms with Crippen LogP contribution in [0.3, 0.4) is 0 Å². The summed E-state index contributed by atoms with van der Waals surface area (Å²) in [6.45, 7) is 0. The highest BCUT2D eigenvalue weighted by Crippen LogP contribution is 2.51. The van der Waals surface area contributed by atoms with Crippen LogP contribution in [0, 0.1) is 0 Å². The lowest BCUT2D eigenvalue weighted by Gasteiger charge is -2.23. The van der Waals surface area contributed by atoms with Crippen LogP contribution in [0.5, 0.6) is 0 Å². The first-order chi connectivity index (χ1) is 8.72. The fraction of sp³-hybridized carbons (Fsp3) is 0.333. The summed E-state index contributed by atoms with van der Waals surface area (Å²) < 4.78 is 1.20. The van der Waals surface area contributed by atoms with Gasteiger partial charge in [-0.25, -0.2) is 0 Å². The molecule has 3 heteroatoms. The van der Waals surface area contributed by atoms with Crippen LogP contribution in [0.15, 0.2) is 46.3 Å². The second kappa shape index (κ2) is 4.80. The maximum absolute atomic E-state index is 6.49. The SMILES string of the molecule is NC(Cc1sccc1Br)C1(c2ccccc2)CC1. The topological polar surface area (TPSA) is 26.0 Å². The molecule has 0 amide bonds. The minimum absolute atomic E-state index is 0.217. The first kappa shape index (κ1) is 12.4. The van der Waals surface area contributed by atoms with Gasteiger partial charge >= 0.3 is 0 Å². The van der Waals surface area contributed by atoms with E-state index in [2.05, 4.69) is 57.7 Å². The van der Waals surface area contributed by atoms with Crippen molar-refractivity contribution in [3.8, 4) is 0 Å². The number of rotatable bonds is 4. The third-order valence-corrected chi connectivity index (χ3v) is 5.89. The molecular formula is C15H16BrNS. The lowest BCUT2D eigenvalue weighted by Crippen LogP contribution is -2.36. The van der Waals surface area contributed by atoms with Gasteiger partial charge in [-0.3, -0.25) is 0 Å². The summed E-state index contributed by atoms with van der Waals surface area (Å²) in [5.74, 6) is 0. The molecule has 0 aliphatic heterocycles. The Bertz CT molecular complexity index is 530. The highest BCUT2D eigenvalue weighted by molar-refractivity contribution is 9.10. The van der Waals surface area contributed by atoms with E-state index in [9.17, 15) is 0 Å². The van der Waals surface area contributed by atoms with Gasteiger partial charge in [-0.05, 0) is 52.2 Å². The monoisotopic (exact) mass is 321 g/mol. The van der Waals surface area contributed by atoms with Gasteiger partial charge in [-0.1, -0.05) is 30.3 Å². The predicted octanol–water partition coefficient (Wildman–Crippen LogP) is 4.11. The lowest BCUT2D eigenvalue weighted by molar-refractivity contribution is 0.516. The number of hydrogen-bond acceptors (Lipinski definition) is 2. The minimum atomic E-state index is 0.217. The van der Waals surface area contributed by atoms with Crippen LogP contribution >= 0.6 is 27.3 Å². The smallest absolute Gasteiger partial charge is 0.0314 e. The first-order valence-corrected chi connectivity index (χ1v) is 7.93. The van der Waals surface area contributed by atoms with Crippen LogP contribution in [-0.4, -0.2) is 6.04 Å². The Labute approximate surface area is 120 Å². The molecule has 1 heterocycles. The summed E-state index contributed by atoms with van der Waals surface area (Å²) in [4.78, 5) is 1.37. The van der Waals surface area contributed by atoms with Gasteiger partial charge in [0.15, 0.2) is 0 Å². The molecule has 1 aliphatic carbocycles. The molecular weight excluding hydrogens is 306 g/mol. The molecule has 0 bridgehead atoms. The van der Waals surface area contributed by atoms with Crippen molar-refractivity contribution >= 4 is 27.3 Å². The number of benzene rings is 1. The van der Waals surface area contributed by atoms with Gasteiger partial charge in [-0.15, -0.1) is 11.3 Å². The zero-order valence-electron chi connectivity index (χ0n) is 10.1. The highest BCUT2D eigenvalue weighted by Gasteiger charge is 2.49. The van der Waals surface area contributed by atoms with E-state index >= 15 is 0 Å². The van der Waals surface area contributed by atoms with E-state index in [0.717, 1.165) is 6.42 Å². The Morgan fingerprint density at radius 2 is 1.94 bits per heavy atom. The van der Waals surface area contributed by atoms with Crippen LogP contribution in [0.1, 0.15) is 23.3 Å². The summed E-state index contributed by atoms with van der Waals surface area (Å²) in [5.41, 5.74) is 8.13. The molecule has 1 aliphatic rings. The maximum Gasteiger partial charge on any atom is 0.0314 e. The van der Waals surface area contributed by atoms with E-state index in [1.165, 1.54) is 27.8 Å². The van der Waals surface area contributed by atoms with Gasteiger partial charge in [0.25, 0.3) is 0 Å². The maximum atomic E-state index is 6.49. The Hall–Kier alpha value is -0.640. The molecule has 1 aromatic carbocycles. The first-order valence-electron chi connectivity index (χ1n) is 6.25. The van der Waals surface area contributed by atoms with Crippen LogP contribution in [-0.2, 0) is 11.8 Å². The van der Waals surface area contributed by atoms with E-state index in [4.69, 9.17) is 5.73 Å². The molecule has 1 fully saturated rings. The van der Waals surface area contributed by atoms with Crippen molar-refractivity contribution in [1.82, 2.24) is 0 Å². The molecule has 0 saturated heterocycles. The number of thiophene rings is 1. The molecule has 1 aromatic heterocycles. The predicted molar refractivity (Wildman–Crippen MR) is 81.1 cm³/mol. The minimum Gasteiger partial charge on any atom is -0.327 e. The van der Waals surface area contributed by atoms with Crippen molar-refractivity contribution in [3.05, 3.63) is 56.7 Å². The fourth-order valence-corrected chi connectivity index (χ4v) is 4.22. The van der Waals surface area contributed by atoms with E-state index in [-0.39, 0.29) is 11.5 Å². The van der Waals surface area contributed by atoms with E-state index < -0.39 is 0 Å². The van der Waals surface area contributed by atoms with E-state index in [1.54, 1.807) is 11.3 Å². The van der Waals surface area contributed by atoms with Gasteiger partial charge in [-0.2, -0.15) is 0 Å².